The van der Waals surface area contributed by atoms with Gasteiger partial charge >= 0.3 is 0 Å². The second-order valence-electron chi connectivity index (χ2n) is 5.47. The number of aliphatic hydroxyl groups is 1. The molecular weight excluding hydrogens is 456 g/mol. The molecular formula is C18H22ClFIN3O. The van der Waals surface area contributed by atoms with Crippen molar-refractivity contribution in [2.45, 2.75) is 19.7 Å². The summed E-state index contributed by atoms with van der Waals surface area (Å²) in [6.45, 7) is 0.859. The number of aliphatic hydroxyl groups excluding tert-OH is 1. The first-order valence-electron chi connectivity index (χ1n) is 7.58. The molecule has 0 saturated heterocycles. The summed E-state index contributed by atoms with van der Waals surface area (Å²) in [4.78, 5) is 6.24. The van der Waals surface area contributed by atoms with Gasteiger partial charge in [-0.2, -0.15) is 0 Å². The molecule has 0 amide bonds. The first-order chi connectivity index (χ1) is 11.5. The minimum atomic E-state index is -0.398. The fourth-order valence-corrected chi connectivity index (χ4v) is 2.49. The van der Waals surface area contributed by atoms with Gasteiger partial charge in [0.05, 0.1) is 6.61 Å². The average Bonchev–Trinajstić information content (AvgIpc) is 2.58. The zero-order chi connectivity index (χ0) is 17.5. The number of rotatable bonds is 5. The Morgan fingerprint density at radius 2 is 1.84 bits per heavy atom. The van der Waals surface area contributed by atoms with Gasteiger partial charge in [0.1, 0.15) is 5.82 Å². The first-order valence-corrected chi connectivity index (χ1v) is 7.95. The van der Waals surface area contributed by atoms with E-state index in [1.165, 1.54) is 6.07 Å². The topological polar surface area (TPSA) is 47.9 Å². The molecule has 25 heavy (non-hydrogen) atoms. The van der Waals surface area contributed by atoms with Crippen molar-refractivity contribution in [1.29, 1.82) is 0 Å². The average molecular weight is 478 g/mol. The predicted molar refractivity (Wildman–Crippen MR) is 111 cm³/mol. The van der Waals surface area contributed by atoms with E-state index in [-0.39, 0.29) is 30.6 Å². The number of halogens is 3. The molecule has 0 atom stereocenters. The van der Waals surface area contributed by atoms with Gasteiger partial charge in [-0.25, -0.2) is 4.39 Å². The van der Waals surface area contributed by atoms with Crippen LogP contribution in [0.3, 0.4) is 0 Å². The number of benzene rings is 2. The summed E-state index contributed by atoms with van der Waals surface area (Å²) in [5.74, 6) is 0.324. The highest BCUT2D eigenvalue weighted by Crippen LogP contribution is 2.12. The van der Waals surface area contributed by atoms with Crippen LogP contribution in [0.5, 0.6) is 0 Å². The highest BCUT2D eigenvalue weighted by atomic mass is 127. The summed E-state index contributed by atoms with van der Waals surface area (Å²) in [6.07, 6.45) is 0. The lowest BCUT2D eigenvalue weighted by Crippen LogP contribution is -2.38. The Morgan fingerprint density at radius 3 is 2.44 bits per heavy atom. The molecule has 0 aliphatic heterocycles. The zero-order valence-electron chi connectivity index (χ0n) is 14.2. The van der Waals surface area contributed by atoms with Gasteiger partial charge in [0, 0.05) is 37.8 Å². The molecule has 0 radical (unpaired) electrons. The molecule has 2 aromatic rings. The summed E-state index contributed by atoms with van der Waals surface area (Å²) >= 11 is 5.90. The standard InChI is InChI=1S/C18H21ClFN3O.HI/c1-21-18(23(2)11-13-3-6-16(19)7-4-13)22-10-14-5-8-17(20)15(9-14)12-24;/h3-9,24H,10-12H2,1-2H3,(H,21,22);1H. The molecule has 7 heteroatoms. The molecule has 0 spiro atoms. The van der Waals surface area contributed by atoms with Gasteiger partial charge in [-0.15, -0.1) is 24.0 Å². The van der Waals surface area contributed by atoms with Gasteiger partial charge in [0.2, 0.25) is 0 Å². The molecule has 0 bridgehead atoms. The molecule has 0 aromatic heterocycles. The number of hydrogen-bond donors (Lipinski definition) is 2. The van der Waals surface area contributed by atoms with Crippen LogP contribution in [-0.4, -0.2) is 30.1 Å². The Bertz CT molecular complexity index is 710. The lowest BCUT2D eigenvalue weighted by Gasteiger charge is -2.22. The quantitative estimate of drug-likeness (QED) is 0.391. The van der Waals surface area contributed by atoms with E-state index in [4.69, 9.17) is 16.7 Å². The van der Waals surface area contributed by atoms with Gasteiger partial charge in [-0.05, 0) is 35.4 Å². The zero-order valence-corrected chi connectivity index (χ0v) is 17.3. The third-order valence-electron chi connectivity index (χ3n) is 3.64. The van der Waals surface area contributed by atoms with Gasteiger partial charge in [0.15, 0.2) is 5.96 Å². The molecule has 0 saturated carbocycles. The number of nitrogens with zero attached hydrogens (tertiary/aromatic N) is 2. The third kappa shape index (κ3) is 6.45. The van der Waals surface area contributed by atoms with Gasteiger partial charge in [0.25, 0.3) is 0 Å². The molecule has 4 nitrogen and oxygen atoms in total. The first kappa shape index (κ1) is 21.7. The van der Waals surface area contributed by atoms with Crippen LogP contribution in [0.4, 0.5) is 4.39 Å². The summed E-state index contributed by atoms with van der Waals surface area (Å²) in [5, 5.41) is 13.1. The van der Waals surface area contributed by atoms with E-state index in [0.717, 1.165) is 17.1 Å². The molecule has 0 fully saturated rings. The highest BCUT2D eigenvalue weighted by molar-refractivity contribution is 14.0. The van der Waals surface area contributed by atoms with Crippen molar-refractivity contribution in [2.75, 3.05) is 14.1 Å². The second-order valence-corrected chi connectivity index (χ2v) is 5.90. The van der Waals surface area contributed by atoms with Crippen LogP contribution in [0.1, 0.15) is 16.7 Å². The smallest absolute Gasteiger partial charge is 0.193 e. The third-order valence-corrected chi connectivity index (χ3v) is 3.89. The van der Waals surface area contributed by atoms with Crippen molar-refractivity contribution < 1.29 is 9.50 Å². The van der Waals surface area contributed by atoms with Crippen LogP contribution in [-0.2, 0) is 19.7 Å². The number of aliphatic imine (C=N–C) groups is 1. The Hall–Kier alpha value is -1.38. The van der Waals surface area contributed by atoms with Crippen LogP contribution in [0.25, 0.3) is 0 Å². The molecule has 0 aliphatic carbocycles. The second kappa shape index (κ2) is 10.6. The minimum absolute atomic E-state index is 0. The lowest BCUT2D eigenvalue weighted by atomic mass is 10.1. The summed E-state index contributed by atoms with van der Waals surface area (Å²) in [6, 6.07) is 12.4. The number of nitrogens with one attached hydrogen (secondary N) is 1. The fourth-order valence-electron chi connectivity index (χ4n) is 2.36. The van der Waals surface area contributed by atoms with Crippen molar-refractivity contribution in [3.8, 4) is 0 Å². The molecule has 2 aromatic carbocycles. The molecule has 0 unspecified atom stereocenters. The van der Waals surface area contributed by atoms with E-state index < -0.39 is 5.82 Å². The minimum Gasteiger partial charge on any atom is -0.392 e. The maximum absolute atomic E-state index is 13.4. The van der Waals surface area contributed by atoms with E-state index in [0.29, 0.717) is 23.7 Å². The molecule has 136 valence electrons. The van der Waals surface area contributed by atoms with Crippen molar-refractivity contribution in [3.63, 3.8) is 0 Å². The Labute approximate surface area is 169 Å². The molecule has 0 aliphatic rings. The van der Waals surface area contributed by atoms with Crippen molar-refractivity contribution in [1.82, 2.24) is 10.2 Å². The monoisotopic (exact) mass is 477 g/mol. The van der Waals surface area contributed by atoms with Crippen LogP contribution < -0.4 is 5.32 Å². The maximum atomic E-state index is 13.4. The van der Waals surface area contributed by atoms with E-state index in [2.05, 4.69) is 10.3 Å². The van der Waals surface area contributed by atoms with Crippen LogP contribution >= 0.6 is 35.6 Å². The van der Waals surface area contributed by atoms with E-state index in [1.807, 2.05) is 36.2 Å². The van der Waals surface area contributed by atoms with Gasteiger partial charge in [-0.3, -0.25) is 4.99 Å². The predicted octanol–water partition coefficient (Wildman–Crippen LogP) is 3.80. The van der Waals surface area contributed by atoms with E-state index >= 15 is 0 Å². The lowest BCUT2D eigenvalue weighted by molar-refractivity contribution is 0.275. The van der Waals surface area contributed by atoms with Crippen LogP contribution in [0.15, 0.2) is 47.5 Å². The van der Waals surface area contributed by atoms with Crippen molar-refractivity contribution in [3.05, 3.63) is 70.0 Å². The summed E-state index contributed by atoms with van der Waals surface area (Å²) in [7, 11) is 3.65. The van der Waals surface area contributed by atoms with Crippen molar-refractivity contribution in [2.24, 2.45) is 4.99 Å². The van der Waals surface area contributed by atoms with Crippen molar-refractivity contribution >= 4 is 41.5 Å². The van der Waals surface area contributed by atoms with E-state index in [1.54, 1.807) is 19.2 Å². The maximum Gasteiger partial charge on any atom is 0.193 e. The molecule has 2 N–H and O–H groups in total. The van der Waals surface area contributed by atoms with Gasteiger partial charge in [-0.1, -0.05) is 29.8 Å². The highest BCUT2D eigenvalue weighted by Gasteiger charge is 2.08. The van der Waals surface area contributed by atoms with Gasteiger partial charge < -0.3 is 15.3 Å². The normalized spacial score (nSPS) is 11.0. The Morgan fingerprint density at radius 1 is 1.20 bits per heavy atom. The molecule has 0 heterocycles. The van der Waals surface area contributed by atoms with Crippen LogP contribution in [0, 0.1) is 5.82 Å². The largest absolute Gasteiger partial charge is 0.392 e. The van der Waals surface area contributed by atoms with E-state index in [9.17, 15) is 4.39 Å². The Balaban J connectivity index is 0.00000312. The fraction of sp³-hybridized carbons (Fsp3) is 0.278. The SMILES string of the molecule is CN=C(NCc1ccc(F)c(CO)c1)N(C)Cc1ccc(Cl)cc1.I. The summed E-state index contributed by atoms with van der Waals surface area (Å²) < 4.78 is 13.4. The molecule has 2 rings (SSSR count). The summed E-state index contributed by atoms with van der Waals surface area (Å²) in [5.41, 5.74) is 2.29. The van der Waals surface area contributed by atoms with Crippen LogP contribution in [0.2, 0.25) is 5.02 Å². The Kier molecular flexibility index (Phi) is 9.16. The number of hydrogen-bond acceptors (Lipinski definition) is 2. The number of guanidine groups is 1.